The molecule has 1 aliphatic rings. The first-order valence-electron chi connectivity index (χ1n) is 8.35. The molecule has 1 aromatic carbocycles. The molecule has 2 rings (SSSR count). The predicted molar refractivity (Wildman–Crippen MR) is 88.2 cm³/mol. The lowest BCUT2D eigenvalue weighted by atomic mass is 9.95. The number of amides is 1. The minimum atomic E-state index is -2.33. The summed E-state index contributed by atoms with van der Waals surface area (Å²) < 4.78 is 24.7. The number of benzene rings is 1. The van der Waals surface area contributed by atoms with Crippen LogP contribution < -0.4 is 5.32 Å². The Morgan fingerprint density at radius 3 is 2.42 bits per heavy atom. The normalized spacial score (nSPS) is 17.7. The quantitative estimate of drug-likeness (QED) is 0.778. The van der Waals surface area contributed by atoms with Crippen LogP contribution >= 0.6 is 0 Å². The molecule has 1 aromatic rings. The van der Waals surface area contributed by atoms with Crippen LogP contribution in [-0.4, -0.2) is 48.7 Å². The summed E-state index contributed by atoms with van der Waals surface area (Å²) in [4.78, 5) is 26.1. The van der Waals surface area contributed by atoms with Gasteiger partial charge in [-0.1, -0.05) is 30.3 Å². The Labute approximate surface area is 141 Å². The summed E-state index contributed by atoms with van der Waals surface area (Å²) in [5, 5.41) is 2.88. The van der Waals surface area contributed by atoms with Crippen LogP contribution in [0.3, 0.4) is 0 Å². The molecule has 4 nitrogen and oxygen atoms in total. The van der Waals surface area contributed by atoms with E-state index in [1.807, 2.05) is 25.1 Å². The van der Waals surface area contributed by atoms with E-state index in [4.69, 9.17) is 0 Å². The number of nitrogens with zero attached hydrogens (tertiary/aromatic N) is 1. The molecule has 1 N–H and O–H groups in total. The lowest BCUT2D eigenvalue weighted by Crippen LogP contribution is -2.44. The Kier molecular flexibility index (Phi) is 6.85. The number of hydrogen-bond donors (Lipinski definition) is 1. The summed E-state index contributed by atoms with van der Waals surface area (Å²) in [6.45, 7) is 2.61. The number of halogens is 2. The maximum atomic E-state index is 12.4. The standard InChI is InChI=1S/C18H24F2N2O2/c1-13(11-16(23)14-5-3-2-4-6-14)21-18(24)15-7-9-22(10-8-15)12-17(19)20/h2-6,13,15,17H,7-12H2,1H3,(H,21,24)/t13-/m0/s1. The predicted octanol–water partition coefficient (Wildman–Crippen LogP) is 2.74. The van der Waals surface area contributed by atoms with Gasteiger partial charge in [-0.3, -0.25) is 14.5 Å². The Bertz CT molecular complexity index is 543. The van der Waals surface area contributed by atoms with E-state index in [9.17, 15) is 18.4 Å². The smallest absolute Gasteiger partial charge is 0.251 e. The van der Waals surface area contributed by atoms with Crippen molar-refractivity contribution in [1.29, 1.82) is 0 Å². The van der Waals surface area contributed by atoms with Gasteiger partial charge < -0.3 is 5.32 Å². The van der Waals surface area contributed by atoms with Crippen LogP contribution in [0.25, 0.3) is 0 Å². The lowest BCUT2D eigenvalue weighted by molar-refractivity contribution is -0.127. The van der Waals surface area contributed by atoms with E-state index in [0.29, 0.717) is 31.5 Å². The summed E-state index contributed by atoms with van der Waals surface area (Å²) >= 11 is 0. The summed E-state index contributed by atoms with van der Waals surface area (Å²) in [7, 11) is 0. The van der Waals surface area contributed by atoms with Crippen molar-refractivity contribution in [2.75, 3.05) is 19.6 Å². The third kappa shape index (κ3) is 5.67. The van der Waals surface area contributed by atoms with Crippen molar-refractivity contribution in [3.63, 3.8) is 0 Å². The van der Waals surface area contributed by atoms with Gasteiger partial charge >= 0.3 is 0 Å². The molecule has 0 saturated carbocycles. The number of Topliss-reactive ketones (excluding diaryl/α,β-unsaturated/α-hetero) is 1. The van der Waals surface area contributed by atoms with Crippen LogP contribution in [0.15, 0.2) is 30.3 Å². The molecule has 1 atom stereocenters. The molecule has 0 aliphatic carbocycles. The van der Waals surface area contributed by atoms with Crippen LogP contribution in [0.4, 0.5) is 8.78 Å². The molecule has 24 heavy (non-hydrogen) atoms. The molecule has 1 heterocycles. The van der Waals surface area contributed by atoms with Crippen molar-refractivity contribution in [2.24, 2.45) is 5.92 Å². The number of nitrogens with one attached hydrogen (secondary N) is 1. The van der Waals surface area contributed by atoms with Crippen LogP contribution in [-0.2, 0) is 4.79 Å². The highest BCUT2D eigenvalue weighted by atomic mass is 19.3. The summed E-state index contributed by atoms with van der Waals surface area (Å²) in [6.07, 6.45) is -0.921. The molecule has 0 spiro atoms. The molecular formula is C18H24F2N2O2. The zero-order valence-corrected chi connectivity index (χ0v) is 13.9. The number of rotatable bonds is 7. The van der Waals surface area contributed by atoms with E-state index in [1.54, 1.807) is 17.0 Å². The highest BCUT2D eigenvalue weighted by Gasteiger charge is 2.27. The number of carbonyl (C=O) groups excluding carboxylic acids is 2. The molecule has 0 unspecified atom stereocenters. The van der Waals surface area contributed by atoms with Gasteiger partial charge in [0.15, 0.2) is 5.78 Å². The lowest BCUT2D eigenvalue weighted by Gasteiger charge is -2.31. The molecule has 6 heteroatoms. The van der Waals surface area contributed by atoms with Gasteiger partial charge in [-0.2, -0.15) is 0 Å². The highest BCUT2D eigenvalue weighted by molar-refractivity contribution is 5.96. The first kappa shape index (κ1) is 18.5. The minimum Gasteiger partial charge on any atom is -0.353 e. The second kappa shape index (κ2) is 8.87. The van der Waals surface area contributed by atoms with Gasteiger partial charge in [-0.25, -0.2) is 8.78 Å². The average Bonchev–Trinajstić information content (AvgIpc) is 2.55. The monoisotopic (exact) mass is 338 g/mol. The van der Waals surface area contributed by atoms with Gasteiger partial charge in [-0.05, 0) is 32.9 Å². The number of carbonyl (C=O) groups is 2. The van der Waals surface area contributed by atoms with Crippen LogP contribution in [0.1, 0.15) is 36.5 Å². The van der Waals surface area contributed by atoms with E-state index >= 15 is 0 Å². The van der Waals surface area contributed by atoms with E-state index < -0.39 is 6.43 Å². The minimum absolute atomic E-state index is 0.00449. The number of hydrogen-bond acceptors (Lipinski definition) is 3. The molecule has 1 amide bonds. The summed E-state index contributed by atoms with van der Waals surface area (Å²) in [5.41, 5.74) is 0.638. The maximum Gasteiger partial charge on any atom is 0.251 e. The van der Waals surface area contributed by atoms with E-state index in [-0.39, 0.29) is 36.6 Å². The number of ketones is 1. The fourth-order valence-electron chi connectivity index (χ4n) is 3.00. The van der Waals surface area contributed by atoms with Crippen molar-refractivity contribution in [3.8, 4) is 0 Å². The van der Waals surface area contributed by atoms with Crippen LogP contribution in [0.2, 0.25) is 0 Å². The number of piperidine rings is 1. The molecule has 132 valence electrons. The first-order chi connectivity index (χ1) is 11.5. The average molecular weight is 338 g/mol. The third-order valence-electron chi connectivity index (χ3n) is 4.33. The summed E-state index contributed by atoms with van der Waals surface area (Å²) in [6, 6.07) is 8.74. The van der Waals surface area contributed by atoms with E-state index in [2.05, 4.69) is 5.32 Å². The molecule has 1 fully saturated rings. The second-order valence-electron chi connectivity index (χ2n) is 6.37. The van der Waals surface area contributed by atoms with Gasteiger partial charge in [-0.15, -0.1) is 0 Å². The van der Waals surface area contributed by atoms with Crippen molar-refractivity contribution in [3.05, 3.63) is 35.9 Å². The molecule has 0 bridgehead atoms. The van der Waals surface area contributed by atoms with Crippen molar-refractivity contribution in [1.82, 2.24) is 10.2 Å². The first-order valence-corrected chi connectivity index (χ1v) is 8.35. The Balaban J connectivity index is 1.75. The van der Waals surface area contributed by atoms with Gasteiger partial charge in [0.1, 0.15) is 0 Å². The zero-order valence-electron chi connectivity index (χ0n) is 13.9. The fraction of sp³-hybridized carbons (Fsp3) is 0.556. The topological polar surface area (TPSA) is 49.4 Å². The number of likely N-dealkylation sites (tertiary alicyclic amines) is 1. The van der Waals surface area contributed by atoms with E-state index in [1.165, 1.54) is 0 Å². The molecule has 0 aromatic heterocycles. The molecular weight excluding hydrogens is 314 g/mol. The van der Waals surface area contributed by atoms with Crippen molar-refractivity contribution < 1.29 is 18.4 Å². The SMILES string of the molecule is C[C@@H](CC(=O)c1ccccc1)NC(=O)C1CCN(CC(F)F)CC1. The second-order valence-corrected chi connectivity index (χ2v) is 6.37. The maximum absolute atomic E-state index is 12.4. The fourth-order valence-corrected chi connectivity index (χ4v) is 3.00. The van der Waals surface area contributed by atoms with Gasteiger partial charge in [0.05, 0.1) is 6.54 Å². The number of alkyl halides is 2. The molecule has 1 aliphatic heterocycles. The van der Waals surface area contributed by atoms with Gasteiger partial charge in [0.2, 0.25) is 5.91 Å². The molecule has 1 saturated heterocycles. The molecule has 0 radical (unpaired) electrons. The van der Waals surface area contributed by atoms with Gasteiger partial charge in [0.25, 0.3) is 6.43 Å². The zero-order chi connectivity index (χ0) is 17.5. The van der Waals surface area contributed by atoms with Crippen molar-refractivity contribution in [2.45, 2.75) is 38.7 Å². The third-order valence-corrected chi connectivity index (χ3v) is 4.33. The Hall–Kier alpha value is -1.82. The van der Waals surface area contributed by atoms with Gasteiger partial charge in [0, 0.05) is 23.9 Å². The van der Waals surface area contributed by atoms with Crippen LogP contribution in [0.5, 0.6) is 0 Å². The van der Waals surface area contributed by atoms with Crippen LogP contribution in [0, 0.1) is 5.92 Å². The van der Waals surface area contributed by atoms with Crippen molar-refractivity contribution >= 4 is 11.7 Å². The Morgan fingerprint density at radius 1 is 1.21 bits per heavy atom. The Morgan fingerprint density at radius 2 is 1.83 bits per heavy atom. The summed E-state index contributed by atoms with van der Waals surface area (Å²) in [5.74, 6) is -0.247. The largest absolute Gasteiger partial charge is 0.353 e. The van der Waals surface area contributed by atoms with E-state index in [0.717, 1.165) is 0 Å². The highest BCUT2D eigenvalue weighted by Crippen LogP contribution is 2.18.